The molecule has 0 heterocycles. The lowest BCUT2D eigenvalue weighted by atomic mass is 10.1. The molecule has 21 heavy (non-hydrogen) atoms. The van der Waals surface area contributed by atoms with Gasteiger partial charge in [-0.3, -0.25) is 19.3 Å². The first-order valence-electron chi connectivity index (χ1n) is 7.50. The normalized spacial score (nSPS) is 11.4. The van der Waals surface area contributed by atoms with Crippen LogP contribution in [0.3, 0.4) is 0 Å². The van der Waals surface area contributed by atoms with E-state index in [2.05, 4.69) is 0 Å². The number of Topliss-reactive ketones (excluding diaryl/α,β-unsaturated/α-hetero) is 1. The molecular weight excluding hydrogens is 268 g/mol. The van der Waals surface area contributed by atoms with Crippen LogP contribution < -0.4 is 0 Å². The van der Waals surface area contributed by atoms with Crippen LogP contribution in [-0.2, 0) is 14.4 Å². The van der Waals surface area contributed by atoms with Crippen LogP contribution in [0.2, 0.25) is 0 Å². The molecule has 0 atom stereocenters. The minimum Gasteiger partial charge on any atom is -0.335 e. The van der Waals surface area contributed by atoms with Crippen molar-refractivity contribution >= 4 is 17.5 Å². The first-order valence-corrected chi connectivity index (χ1v) is 7.50. The fourth-order valence-electron chi connectivity index (χ4n) is 1.62. The second-order valence-corrected chi connectivity index (χ2v) is 5.45. The number of likely N-dealkylation sites (N-methyl/N-ethyl adjacent to an activating group) is 2. The largest absolute Gasteiger partial charge is 0.335 e. The molecule has 5 heteroatoms. The molecule has 0 aliphatic carbocycles. The van der Waals surface area contributed by atoms with Gasteiger partial charge in [0.05, 0.1) is 13.1 Å². The molecule has 0 aliphatic rings. The molecule has 0 saturated heterocycles. The number of rotatable bonds is 10. The average molecular weight is 296 g/mol. The molecule has 120 valence electrons. The molecule has 0 N–H and O–H groups in total. The van der Waals surface area contributed by atoms with Gasteiger partial charge in [-0.2, -0.15) is 0 Å². The third-order valence-corrected chi connectivity index (χ3v) is 3.20. The van der Waals surface area contributed by atoms with E-state index in [0.29, 0.717) is 19.5 Å². The van der Waals surface area contributed by atoms with Crippen molar-refractivity contribution in [3.63, 3.8) is 0 Å². The topological polar surface area (TPSA) is 57.7 Å². The summed E-state index contributed by atoms with van der Waals surface area (Å²) in [7, 11) is 1.82. The van der Waals surface area contributed by atoms with Gasteiger partial charge in [-0.1, -0.05) is 26.8 Å². The Morgan fingerprint density at radius 1 is 1.10 bits per heavy atom. The van der Waals surface area contributed by atoms with Crippen molar-refractivity contribution in [2.45, 2.75) is 34.1 Å². The summed E-state index contributed by atoms with van der Waals surface area (Å²) in [4.78, 5) is 38.4. The molecule has 1 amide bonds. The molecular formula is C16H28N2O3. The van der Waals surface area contributed by atoms with Crippen LogP contribution in [0.1, 0.15) is 34.1 Å². The molecule has 0 radical (unpaired) electrons. The van der Waals surface area contributed by atoms with Crippen LogP contribution in [0.5, 0.6) is 0 Å². The highest BCUT2D eigenvalue weighted by Gasteiger charge is 2.18. The van der Waals surface area contributed by atoms with Gasteiger partial charge in [0.15, 0.2) is 11.6 Å². The lowest BCUT2D eigenvalue weighted by Crippen LogP contribution is -2.42. The van der Waals surface area contributed by atoms with Crippen LogP contribution >= 0.6 is 0 Å². The highest BCUT2D eigenvalue weighted by Crippen LogP contribution is 2.00. The standard InChI is InChI=1S/C16H28N2O3/c1-6-14(19)9-8-10-17(5)12-16(21)18(7-2)11-15(20)13(3)4/h8-9,13H,6-7,10-12H2,1-5H3/b9-8+. The van der Waals surface area contributed by atoms with E-state index < -0.39 is 0 Å². The Kier molecular flexibility index (Phi) is 9.54. The number of ketones is 2. The summed E-state index contributed by atoms with van der Waals surface area (Å²) >= 11 is 0. The van der Waals surface area contributed by atoms with Gasteiger partial charge < -0.3 is 4.90 Å². The fraction of sp³-hybridized carbons (Fsp3) is 0.688. The molecule has 0 aromatic heterocycles. The zero-order valence-electron chi connectivity index (χ0n) is 13.9. The van der Waals surface area contributed by atoms with Gasteiger partial charge in [-0.05, 0) is 20.0 Å². The molecule has 0 bridgehead atoms. The maximum atomic E-state index is 12.1. The predicted molar refractivity (Wildman–Crippen MR) is 84.0 cm³/mol. The van der Waals surface area contributed by atoms with E-state index in [1.807, 2.05) is 39.6 Å². The van der Waals surface area contributed by atoms with Crippen molar-refractivity contribution in [2.75, 3.05) is 33.2 Å². The van der Waals surface area contributed by atoms with Gasteiger partial charge >= 0.3 is 0 Å². The summed E-state index contributed by atoms with van der Waals surface area (Å²) in [6, 6.07) is 0. The fourth-order valence-corrected chi connectivity index (χ4v) is 1.62. The highest BCUT2D eigenvalue weighted by molar-refractivity contribution is 5.89. The van der Waals surface area contributed by atoms with E-state index >= 15 is 0 Å². The maximum absolute atomic E-state index is 12.1. The number of carbonyl (C=O) groups excluding carboxylic acids is 3. The lowest BCUT2D eigenvalue weighted by molar-refractivity contribution is -0.136. The number of hydrogen-bond acceptors (Lipinski definition) is 4. The molecule has 0 saturated carbocycles. The van der Waals surface area contributed by atoms with E-state index in [9.17, 15) is 14.4 Å². The maximum Gasteiger partial charge on any atom is 0.237 e. The van der Waals surface area contributed by atoms with Crippen molar-refractivity contribution in [2.24, 2.45) is 5.92 Å². The molecule has 0 aromatic rings. The Labute approximate surface area is 128 Å². The summed E-state index contributed by atoms with van der Waals surface area (Å²) in [6.45, 7) is 8.82. The summed E-state index contributed by atoms with van der Waals surface area (Å²) < 4.78 is 0. The quantitative estimate of drug-likeness (QED) is 0.574. The summed E-state index contributed by atoms with van der Waals surface area (Å²) in [6.07, 6.45) is 3.79. The zero-order valence-corrected chi connectivity index (χ0v) is 13.9. The van der Waals surface area contributed by atoms with Gasteiger partial charge in [-0.25, -0.2) is 0 Å². The van der Waals surface area contributed by atoms with E-state index in [-0.39, 0.29) is 36.5 Å². The van der Waals surface area contributed by atoms with Gasteiger partial charge in [0.25, 0.3) is 0 Å². The highest BCUT2D eigenvalue weighted by atomic mass is 16.2. The van der Waals surface area contributed by atoms with Crippen LogP contribution in [0, 0.1) is 5.92 Å². The first kappa shape index (κ1) is 19.5. The van der Waals surface area contributed by atoms with Crippen LogP contribution in [0.15, 0.2) is 12.2 Å². The average Bonchev–Trinajstić information content (AvgIpc) is 2.43. The minimum absolute atomic E-state index is 0.0624. The number of nitrogens with zero attached hydrogens (tertiary/aromatic N) is 2. The summed E-state index contributed by atoms with van der Waals surface area (Å²) in [5, 5.41) is 0. The van der Waals surface area contributed by atoms with E-state index in [4.69, 9.17) is 0 Å². The van der Waals surface area contributed by atoms with E-state index in [1.54, 1.807) is 17.1 Å². The molecule has 0 aliphatic heterocycles. The second-order valence-electron chi connectivity index (χ2n) is 5.45. The van der Waals surface area contributed by atoms with Crippen LogP contribution in [0.25, 0.3) is 0 Å². The zero-order chi connectivity index (χ0) is 16.4. The SMILES string of the molecule is CCC(=O)/C=C/CN(C)CC(=O)N(CC)CC(=O)C(C)C. The van der Waals surface area contributed by atoms with Crippen LogP contribution in [-0.4, -0.2) is 60.5 Å². The third kappa shape index (κ3) is 8.40. The monoisotopic (exact) mass is 296 g/mol. The number of allylic oxidation sites excluding steroid dienone is 1. The smallest absolute Gasteiger partial charge is 0.237 e. The number of amides is 1. The Morgan fingerprint density at radius 3 is 2.19 bits per heavy atom. The van der Waals surface area contributed by atoms with Crippen molar-refractivity contribution < 1.29 is 14.4 Å². The van der Waals surface area contributed by atoms with Crippen molar-refractivity contribution in [1.82, 2.24) is 9.80 Å². The van der Waals surface area contributed by atoms with Gasteiger partial charge in [-0.15, -0.1) is 0 Å². The van der Waals surface area contributed by atoms with Gasteiger partial charge in [0, 0.05) is 25.4 Å². The molecule has 5 nitrogen and oxygen atoms in total. The Balaban J connectivity index is 4.33. The first-order chi connectivity index (χ1) is 9.81. The molecule has 0 rings (SSSR count). The van der Waals surface area contributed by atoms with E-state index in [1.165, 1.54) is 0 Å². The molecule has 0 fully saturated rings. The minimum atomic E-state index is -0.0655. The van der Waals surface area contributed by atoms with E-state index in [0.717, 1.165) is 0 Å². The van der Waals surface area contributed by atoms with Crippen molar-refractivity contribution in [1.29, 1.82) is 0 Å². The number of carbonyl (C=O) groups is 3. The van der Waals surface area contributed by atoms with Crippen LogP contribution in [0.4, 0.5) is 0 Å². The molecule has 0 aromatic carbocycles. The second kappa shape index (κ2) is 10.3. The summed E-state index contributed by atoms with van der Waals surface area (Å²) in [5.74, 6) is 0.0190. The molecule has 0 unspecified atom stereocenters. The van der Waals surface area contributed by atoms with Crippen molar-refractivity contribution in [3.05, 3.63) is 12.2 Å². The van der Waals surface area contributed by atoms with Gasteiger partial charge in [0.1, 0.15) is 0 Å². The number of hydrogen-bond donors (Lipinski definition) is 0. The summed E-state index contributed by atoms with van der Waals surface area (Å²) in [5.41, 5.74) is 0. The lowest BCUT2D eigenvalue weighted by Gasteiger charge is -2.23. The Bertz CT molecular complexity index is 389. The Morgan fingerprint density at radius 2 is 1.71 bits per heavy atom. The Hall–Kier alpha value is -1.49. The molecule has 0 spiro atoms. The van der Waals surface area contributed by atoms with Crippen molar-refractivity contribution in [3.8, 4) is 0 Å². The predicted octanol–water partition coefficient (Wildman–Crippen LogP) is 1.53. The third-order valence-electron chi connectivity index (χ3n) is 3.20. The van der Waals surface area contributed by atoms with Gasteiger partial charge in [0.2, 0.25) is 5.91 Å².